The third-order valence-electron chi connectivity index (χ3n) is 5.63. The number of amides is 2. The molecule has 170 valence electrons. The molecule has 0 saturated carbocycles. The molecule has 1 heterocycles. The molecule has 2 N–H and O–H groups in total. The minimum atomic E-state index is -0.262. The van der Waals surface area contributed by atoms with Gasteiger partial charge >= 0.3 is 0 Å². The van der Waals surface area contributed by atoms with Gasteiger partial charge in [-0.15, -0.1) is 0 Å². The number of benzene rings is 2. The summed E-state index contributed by atoms with van der Waals surface area (Å²) in [6, 6.07) is 11.1. The number of nitrogens with one attached hydrogen (secondary N) is 2. The molecule has 32 heavy (non-hydrogen) atoms. The summed E-state index contributed by atoms with van der Waals surface area (Å²) in [6.45, 7) is 10.6. The summed E-state index contributed by atoms with van der Waals surface area (Å²) in [6.07, 6.45) is 0. The minimum Gasteiger partial charge on any atom is -0.367 e. The Balaban J connectivity index is 1.58. The fourth-order valence-electron chi connectivity index (χ4n) is 3.59. The predicted octanol–water partition coefficient (Wildman–Crippen LogP) is 4.39. The van der Waals surface area contributed by atoms with E-state index < -0.39 is 0 Å². The number of anilines is 2. The summed E-state index contributed by atoms with van der Waals surface area (Å²) in [5.41, 5.74) is 4.34. The molecule has 8 heteroatoms. The van der Waals surface area contributed by atoms with Crippen LogP contribution in [0.15, 0.2) is 36.4 Å². The van der Waals surface area contributed by atoms with Crippen LogP contribution in [0.5, 0.6) is 0 Å². The molecule has 1 aliphatic heterocycles. The first-order chi connectivity index (χ1) is 15.2. The number of piperazine rings is 1. The molecule has 1 fully saturated rings. The molecule has 2 aromatic carbocycles. The maximum absolute atomic E-state index is 12.5. The number of carbonyl (C=O) groups is 2. The normalized spacial score (nSPS) is 13.8. The highest BCUT2D eigenvalue weighted by atomic mass is 35.5. The number of aryl methyl sites for hydroxylation is 2. The van der Waals surface area contributed by atoms with Gasteiger partial charge in [-0.25, -0.2) is 0 Å². The van der Waals surface area contributed by atoms with Crippen LogP contribution in [0, 0.1) is 19.8 Å². The van der Waals surface area contributed by atoms with Gasteiger partial charge < -0.3 is 15.1 Å². The molecule has 1 aliphatic rings. The Bertz CT molecular complexity index is 1030. The smallest absolute Gasteiger partial charge is 0.257 e. The van der Waals surface area contributed by atoms with Crippen molar-refractivity contribution in [2.45, 2.75) is 27.7 Å². The lowest BCUT2D eigenvalue weighted by Gasteiger charge is -2.37. The van der Waals surface area contributed by atoms with Gasteiger partial charge in [0.1, 0.15) is 0 Å². The zero-order valence-electron chi connectivity index (χ0n) is 18.9. The lowest BCUT2D eigenvalue weighted by molar-refractivity contribution is -0.134. The zero-order valence-corrected chi connectivity index (χ0v) is 20.4. The van der Waals surface area contributed by atoms with Crippen LogP contribution in [0.3, 0.4) is 0 Å². The molecular weight excluding hydrogens is 444 g/mol. The quantitative estimate of drug-likeness (QED) is 0.646. The van der Waals surface area contributed by atoms with Crippen LogP contribution in [-0.4, -0.2) is 48.0 Å². The van der Waals surface area contributed by atoms with E-state index in [1.165, 1.54) is 0 Å². The maximum atomic E-state index is 12.5. The van der Waals surface area contributed by atoms with Crippen LogP contribution < -0.4 is 15.5 Å². The first-order valence-corrected chi connectivity index (χ1v) is 11.5. The van der Waals surface area contributed by atoms with E-state index in [4.69, 9.17) is 23.8 Å². The average molecular weight is 473 g/mol. The SMILES string of the molecule is Cc1ccc(C(=O)NC(=S)Nc2ccc(N3CCN(C(=O)C(C)C)CC3)c(Cl)c2)cc1C. The molecule has 0 atom stereocenters. The molecule has 0 aliphatic carbocycles. The number of rotatable bonds is 4. The fraction of sp³-hybridized carbons (Fsp3) is 0.375. The number of hydrogen-bond donors (Lipinski definition) is 2. The fourth-order valence-corrected chi connectivity index (χ4v) is 4.10. The monoisotopic (exact) mass is 472 g/mol. The molecule has 2 aromatic rings. The molecule has 0 radical (unpaired) electrons. The third kappa shape index (κ3) is 5.78. The minimum absolute atomic E-state index is 0.00913. The van der Waals surface area contributed by atoms with Crippen molar-refractivity contribution in [3.05, 3.63) is 58.1 Å². The molecule has 2 amide bonds. The first-order valence-electron chi connectivity index (χ1n) is 10.7. The number of halogens is 1. The van der Waals surface area contributed by atoms with E-state index in [0.717, 1.165) is 29.9 Å². The predicted molar refractivity (Wildman–Crippen MR) is 135 cm³/mol. The van der Waals surface area contributed by atoms with Gasteiger partial charge in [0.05, 0.1) is 10.7 Å². The van der Waals surface area contributed by atoms with Crippen molar-refractivity contribution in [2.75, 3.05) is 36.4 Å². The highest BCUT2D eigenvalue weighted by Gasteiger charge is 2.24. The van der Waals surface area contributed by atoms with E-state index in [0.29, 0.717) is 29.4 Å². The molecular formula is C24H29ClN4O2S. The Kier molecular flexibility index (Phi) is 7.74. The van der Waals surface area contributed by atoms with Crippen LogP contribution in [0.25, 0.3) is 0 Å². The van der Waals surface area contributed by atoms with E-state index in [1.54, 1.807) is 12.1 Å². The van der Waals surface area contributed by atoms with E-state index >= 15 is 0 Å². The van der Waals surface area contributed by atoms with Crippen molar-refractivity contribution in [1.82, 2.24) is 10.2 Å². The number of nitrogens with zero attached hydrogens (tertiary/aromatic N) is 2. The van der Waals surface area contributed by atoms with Crippen molar-refractivity contribution in [2.24, 2.45) is 5.92 Å². The zero-order chi connectivity index (χ0) is 23.4. The molecule has 0 aromatic heterocycles. The topological polar surface area (TPSA) is 64.7 Å². The van der Waals surface area contributed by atoms with Crippen molar-refractivity contribution in [3.8, 4) is 0 Å². The molecule has 0 bridgehead atoms. The van der Waals surface area contributed by atoms with Crippen molar-refractivity contribution in [3.63, 3.8) is 0 Å². The lowest BCUT2D eigenvalue weighted by Crippen LogP contribution is -2.50. The Morgan fingerprint density at radius 2 is 1.69 bits per heavy atom. The average Bonchev–Trinajstić information content (AvgIpc) is 2.75. The van der Waals surface area contributed by atoms with E-state index in [-0.39, 0.29) is 22.8 Å². The van der Waals surface area contributed by atoms with E-state index in [2.05, 4.69) is 15.5 Å². The van der Waals surface area contributed by atoms with E-state index in [9.17, 15) is 9.59 Å². The van der Waals surface area contributed by atoms with Crippen LogP contribution >= 0.6 is 23.8 Å². The van der Waals surface area contributed by atoms with Gasteiger partial charge in [-0.3, -0.25) is 14.9 Å². The highest BCUT2D eigenvalue weighted by Crippen LogP contribution is 2.30. The first kappa shape index (κ1) is 24.0. The van der Waals surface area contributed by atoms with Gasteiger partial charge in [0.15, 0.2) is 5.11 Å². The second-order valence-corrected chi connectivity index (χ2v) is 9.16. The Morgan fingerprint density at radius 1 is 1.00 bits per heavy atom. The summed E-state index contributed by atoms with van der Waals surface area (Å²) >= 11 is 11.8. The number of carbonyl (C=O) groups excluding carboxylic acids is 2. The molecule has 1 saturated heterocycles. The molecule has 0 unspecified atom stereocenters. The Hall–Kier alpha value is -2.64. The van der Waals surface area contributed by atoms with Gasteiger partial charge in [-0.1, -0.05) is 31.5 Å². The van der Waals surface area contributed by atoms with Crippen molar-refractivity contribution in [1.29, 1.82) is 0 Å². The van der Waals surface area contributed by atoms with Gasteiger partial charge in [0.25, 0.3) is 5.91 Å². The summed E-state index contributed by atoms with van der Waals surface area (Å²) in [4.78, 5) is 28.7. The van der Waals surface area contributed by atoms with Crippen molar-refractivity contribution < 1.29 is 9.59 Å². The Morgan fingerprint density at radius 3 is 2.28 bits per heavy atom. The number of thiocarbonyl (C=S) groups is 1. The molecule has 6 nitrogen and oxygen atoms in total. The standard InChI is InChI=1S/C24H29ClN4O2S/c1-15(2)23(31)29-11-9-28(10-12-29)21-8-7-19(14-20(21)25)26-24(32)27-22(30)18-6-5-16(3)17(4)13-18/h5-8,13-15H,9-12H2,1-4H3,(H2,26,27,30,32). The van der Waals surface area contributed by atoms with Gasteiger partial charge in [-0.05, 0) is 67.5 Å². The largest absolute Gasteiger partial charge is 0.367 e. The number of hydrogen-bond acceptors (Lipinski definition) is 4. The molecule has 3 rings (SSSR count). The van der Waals surface area contributed by atoms with Gasteiger partial charge in [0.2, 0.25) is 5.91 Å². The van der Waals surface area contributed by atoms with Crippen LogP contribution in [-0.2, 0) is 4.79 Å². The second kappa shape index (κ2) is 10.3. The van der Waals surface area contributed by atoms with Crippen molar-refractivity contribution >= 4 is 52.1 Å². The summed E-state index contributed by atoms with van der Waals surface area (Å²) in [5.74, 6) is -0.0661. The summed E-state index contributed by atoms with van der Waals surface area (Å²) in [5, 5.41) is 6.51. The maximum Gasteiger partial charge on any atom is 0.257 e. The lowest BCUT2D eigenvalue weighted by atomic mass is 10.1. The van der Waals surface area contributed by atoms with Crippen LogP contribution in [0.1, 0.15) is 35.3 Å². The van der Waals surface area contributed by atoms with E-state index in [1.807, 2.05) is 56.9 Å². The third-order valence-corrected chi connectivity index (χ3v) is 6.13. The summed E-state index contributed by atoms with van der Waals surface area (Å²) in [7, 11) is 0. The van der Waals surface area contributed by atoms with Gasteiger partial charge in [0, 0.05) is 43.3 Å². The second-order valence-electron chi connectivity index (χ2n) is 8.34. The van der Waals surface area contributed by atoms with Crippen LogP contribution in [0.2, 0.25) is 5.02 Å². The van der Waals surface area contributed by atoms with Crippen LogP contribution in [0.4, 0.5) is 11.4 Å². The van der Waals surface area contributed by atoms with Gasteiger partial charge in [-0.2, -0.15) is 0 Å². The Labute approximate surface area is 199 Å². The molecule has 0 spiro atoms. The summed E-state index contributed by atoms with van der Waals surface area (Å²) < 4.78 is 0. The highest BCUT2D eigenvalue weighted by molar-refractivity contribution is 7.80.